The number of carbonyl (C=O) groups is 1. The molecule has 4 aromatic heterocycles. The van der Waals surface area contributed by atoms with E-state index in [0.717, 1.165) is 34.2 Å². The normalized spacial score (nSPS) is 18.2. The summed E-state index contributed by atoms with van der Waals surface area (Å²) in [6.45, 7) is 5.92. The number of β-amino-alcohol motifs (C(OH)–C–C–N with tert-alkyl or cyclic N) is 1. The lowest BCUT2D eigenvalue weighted by atomic mass is 10.2. The molecule has 2 saturated heterocycles. The van der Waals surface area contributed by atoms with Crippen LogP contribution in [-0.4, -0.2) is 71.5 Å². The van der Waals surface area contributed by atoms with Gasteiger partial charge in [-0.05, 0) is 43.7 Å². The molecule has 0 spiro atoms. The van der Waals surface area contributed by atoms with Crippen molar-refractivity contribution in [1.29, 1.82) is 0 Å². The molecule has 0 aromatic carbocycles. The second-order valence-electron chi connectivity index (χ2n) is 8.97. The highest BCUT2D eigenvalue weighted by Gasteiger charge is 2.27. The smallest absolute Gasteiger partial charge is 0.291 e. The lowest BCUT2D eigenvalue weighted by Crippen LogP contribution is -2.36. The number of anilines is 3. The number of amides is 1. The number of ether oxygens (including phenoxy) is 1. The largest absolute Gasteiger partial charge is 0.451 e. The van der Waals surface area contributed by atoms with Gasteiger partial charge in [0.2, 0.25) is 0 Å². The monoisotopic (exact) mass is 506 g/mol. The molecule has 10 nitrogen and oxygen atoms in total. The van der Waals surface area contributed by atoms with Gasteiger partial charge in [0.1, 0.15) is 5.76 Å². The van der Waals surface area contributed by atoms with Crippen LogP contribution in [0.4, 0.5) is 16.6 Å². The molecule has 2 aliphatic heterocycles. The van der Waals surface area contributed by atoms with Gasteiger partial charge in [0.05, 0.1) is 29.7 Å². The molecule has 2 N–H and O–H groups in total. The zero-order valence-electron chi connectivity index (χ0n) is 19.8. The molecule has 0 bridgehead atoms. The number of aryl methyl sites for hydroxylation is 1. The Morgan fingerprint density at radius 2 is 2.00 bits per heavy atom. The number of carbonyl (C=O) groups excluding carboxylic acids is 1. The van der Waals surface area contributed by atoms with Gasteiger partial charge in [0, 0.05) is 43.6 Å². The predicted octanol–water partition coefficient (Wildman–Crippen LogP) is 3.31. The third-order valence-corrected chi connectivity index (χ3v) is 7.41. The number of hydrogen-bond donors (Lipinski definition) is 2. The number of thiazole rings is 1. The van der Waals surface area contributed by atoms with E-state index in [0.29, 0.717) is 55.6 Å². The van der Waals surface area contributed by atoms with E-state index in [-0.39, 0.29) is 11.7 Å². The van der Waals surface area contributed by atoms with E-state index in [2.05, 4.69) is 15.2 Å². The van der Waals surface area contributed by atoms with Crippen LogP contribution in [-0.2, 0) is 4.74 Å². The van der Waals surface area contributed by atoms with Crippen molar-refractivity contribution in [3.05, 3.63) is 48.0 Å². The summed E-state index contributed by atoms with van der Waals surface area (Å²) in [6.07, 6.45) is 1.93. The average Bonchev–Trinajstić information content (AvgIpc) is 3.63. The first kappa shape index (κ1) is 22.9. The van der Waals surface area contributed by atoms with Crippen LogP contribution >= 0.6 is 11.3 Å². The Hall–Kier alpha value is -3.54. The van der Waals surface area contributed by atoms with Crippen LogP contribution in [0.25, 0.3) is 21.7 Å². The van der Waals surface area contributed by atoms with Crippen LogP contribution in [0, 0.1) is 6.92 Å². The second kappa shape index (κ2) is 9.49. The minimum atomic E-state index is -0.429. The third-order valence-electron chi connectivity index (χ3n) is 6.35. The maximum absolute atomic E-state index is 13.2. The van der Waals surface area contributed by atoms with Crippen molar-refractivity contribution in [1.82, 2.24) is 15.0 Å². The lowest BCUT2D eigenvalue weighted by Gasteiger charge is -2.25. The van der Waals surface area contributed by atoms with Gasteiger partial charge < -0.3 is 29.4 Å². The fourth-order valence-electron chi connectivity index (χ4n) is 4.50. The molecule has 186 valence electrons. The zero-order chi connectivity index (χ0) is 24.6. The number of pyridine rings is 2. The molecule has 0 saturated carbocycles. The summed E-state index contributed by atoms with van der Waals surface area (Å²) in [4.78, 5) is 31.2. The van der Waals surface area contributed by atoms with E-state index < -0.39 is 6.10 Å². The molecule has 11 heteroatoms. The summed E-state index contributed by atoms with van der Waals surface area (Å²) < 4.78 is 12.2. The average molecular weight is 507 g/mol. The maximum atomic E-state index is 13.2. The van der Waals surface area contributed by atoms with Gasteiger partial charge in [-0.25, -0.2) is 4.98 Å². The van der Waals surface area contributed by atoms with Crippen LogP contribution in [0.15, 0.2) is 40.9 Å². The third kappa shape index (κ3) is 4.52. The van der Waals surface area contributed by atoms with E-state index in [9.17, 15) is 9.90 Å². The van der Waals surface area contributed by atoms with Gasteiger partial charge in [0.15, 0.2) is 22.4 Å². The van der Waals surface area contributed by atoms with E-state index in [1.807, 2.05) is 30.0 Å². The summed E-state index contributed by atoms with van der Waals surface area (Å²) in [7, 11) is 0. The van der Waals surface area contributed by atoms with E-state index in [1.54, 1.807) is 29.7 Å². The first-order chi connectivity index (χ1) is 17.5. The number of rotatable bonds is 5. The molecule has 6 rings (SSSR count). The van der Waals surface area contributed by atoms with Crippen molar-refractivity contribution < 1.29 is 19.1 Å². The van der Waals surface area contributed by atoms with Crippen molar-refractivity contribution >= 4 is 44.2 Å². The summed E-state index contributed by atoms with van der Waals surface area (Å²) in [5, 5.41) is 14.0. The molecule has 1 atom stereocenters. The number of aliphatic hydroxyl groups excluding tert-OH is 1. The highest BCUT2D eigenvalue weighted by molar-refractivity contribution is 7.22. The Morgan fingerprint density at radius 1 is 1.14 bits per heavy atom. The first-order valence-corrected chi connectivity index (χ1v) is 12.8. The highest BCUT2D eigenvalue weighted by Crippen LogP contribution is 2.36. The predicted molar refractivity (Wildman–Crippen MR) is 138 cm³/mol. The van der Waals surface area contributed by atoms with Gasteiger partial charge in [0.25, 0.3) is 5.91 Å². The van der Waals surface area contributed by atoms with E-state index in [4.69, 9.17) is 19.1 Å². The molecule has 4 aromatic rings. The van der Waals surface area contributed by atoms with Gasteiger partial charge in [-0.15, -0.1) is 0 Å². The molecule has 0 radical (unpaired) electrons. The van der Waals surface area contributed by atoms with Crippen molar-refractivity contribution in [3.63, 3.8) is 0 Å². The Bertz CT molecular complexity index is 1410. The van der Waals surface area contributed by atoms with Gasteiger partial charge in [-0.2, -0.15) is 4.98 Å². The molecule has 1 unspecified atom stereocenters. The Morgan fingerprint density at radius 3 is 2.78 bits per heavy atom. The summed E-state index contributed by atoms with van der Waals surface area (Å²) >= 11 is 1.54. The van der Waals surface area contributed by atoms with Crippen molar-refractivity contribution in [2.45, 2.75) is 19.4 Å². The van der Waals surface area contributed by atoms with Gasteiger partial charge in [-0.3, -0.25) is 9.78 Å². The summed E-state index contributed by atoms with van der Waals surface area (Å²) in [5.41, 5.74) is 2.92. The highest BCUT2D eigenvalue weighted by atomic mass is 32.1. The fourth-order valence-corrected chi connectivity index (χ4v) is 5.50. The number of fused-ring (bicyclic) bond motifs is 1. The first-order valence-electron chi connectivity index (χ1n) is 11.9. The summed E-state index contributed by atoms with van der Waals surface area (Å²) in [6, 6.07) is 9.11. The van der Waals surface area contributed by atoms with Crippen LogP contribution in [0.2, 0.25) is 0 Å². The number of hydrogen-bond acceptors (Lipinski definition) is 10. The lowest BCUT2D eigenvalue weighted by molar-refractivity contribution is 0.0997. The van der Waals surface area contributed by atoms with Crippen molar-refractivity contribution in [2.24, 2.45) is 0 Å². The molecule has 1 amide bonds. The number of aliphatic hydroxyl groups is 1. The van der Waals surface area contributed by atoms with E-state index in [1.165, 1.54) is 0 Å². The van der Waals surface area contributed by atoms with Crippen LogP contribution in [0.1, 0.15) is 22.7 Å². The Labute approximate surface area is 211 Å². The number of morpholine rings is 1. The molecular formula is C25H26N6O4S. The number of nitrogens with zero attached hydrogens (tertiary/aromatic N) is 5. The van der Waals surface area contributed by atoms with Crippen LogP contribution in [0.3, 0.4) is 0 Å². The molecule has 6 heterocycles. The fraction of sp³-hybridized carbons (Fsp3) is 0.360. The van der Waals surface area contributed by atoms with Crippen LogP contribution in [0.5, 0.6) is 0 Å². The molecule has 36 heavy (non-hydrogen) atoms. The minimum absolute atomic E-state index is 0.199. The topological polar surface area (TPSA) is 117 Å². The zero-order valence-corrected chi connectivity index (χ0v) is 20.6. The Balaban J connectivity index is 1.31. The standard InChI is InChI=1S/C25H26N6O4S/c1-15-12-16(4-6-26-15)19-2-3-20(35-19)24(33)27-18-13-21-22(28-23(18)31-7-5-17(32)14-31)29-25(36-21)30-8-10-34-11-9-30/h2-4,6,12-13,17,32H,5,7-11,14H2,1H3,(H,27,33). The molecule has 2 aliphatic rings. The van der Waals surface area contributed by atoms with Crippen LogP contribution < -0.4 is 15.1 Å². The number of nitrogens with one attached hydrogen (secondary N) is 1. The van der Waals surface area contributed by atoms with Gasteiger partial charge in [-0.1, -0.05) is 11.3 Å². The Kier molecular flexibility index (Phi) is 6.04. The molecular weight excluding hydrogens is 480 g/mol. The number of furan rings is 1. The van der Waals surface area contributed by atoms with Crippen molar-refractivity contribution in [3.8, 4) is 11.3 Å². The molecule has 0 aliphatic carbocycles. The number of aromatic nitrogens is 3. The summed E-state index contributed by atoms with van der Waals surface area (Å²) in [5.74, 6) is 1.03. The second-order valence-corrected chi connectivity index (χ2v) is 9.98. The van der Waals surface area contributed by atoms with Crippen molar-refractivity contribution in [2.75, 3.05) is 54.5 Å². The maximum Gasteiger partial charge on any atom is 0.291 e. The van der Waals surface area contributed by atoms with Gasteiger partial charge >= 0.3 is 0 Å². The molecule has 2 fully saturated rings. The van der Waals surface area contributed by atoms with E-state index >= 15 is 0 Å². The SMILES string of the molecule is Cc1cc(-c2ccc(C(=O)Nc3cc4sc(N5CCOCC5)nc4nc3N3CCC(O)C3)o2)ccn1. The minimum Gasteiger partial charge on any atom is -0.451 e. The quantitative estimate of drug-likeness (QED) is 0.420.